The SMILES string of the molecule is N#Cc1ccnc(NC(=O)c2cc(F)cc(NS(=O)(=O)CC3CN(C(c4ccc(Cl)cc4)c4ccc(Cl)cc4)C3)c2)c1. The van der Waals surface area contributed by atoms with Gasteiger partial charge in [0.2, 0.25) is 10.0 Å². The molecule has 214 valence electrons. The lowest BCUT2D eigenvalue weighted by atomic mass is 9.91. The third-order valence-corrected chi connectivity index (χ3v) is 8.70. The van der Waals surface area contributed by atoms with Crippen molar-refractivity contribution < 1.29 is 17.6 Å². The number of likely N-dealkylation sites (tertiary alicyclic amines) is 1. The van der Waals surface area contributed by atoms with E-state index in [1.165, 1.54) is 24.4 Å². The minimum absolute atomic E-state index is 0.0738. The molecular formula is C30H24Cl2FN5O3S. The van der Waals surface area contributed by atoms with E-state index in [9.17, 15) is 17.6 Å². The minimum atomic E-state index is -3.87. The second-order valence-electron chi connectivity index (χ2n) is 9.93. The van der Waals surface area contributed by atoms with Crippen molar-refractivity contribution in [2.24, 2.45) is 5.92 Å². The molecule has 42 heavy (non-hydrogen) atoms. The predicted octanol–water partition coefficient (Wildman–Crippen LogP) is 6.11. The first-order valence-corrected chi connectivity index (χ1v) is 15.2. The Hall–Kier alpha value is -4.01. The van der Waals surface area contributed by atoms with Gasteiger partial charge in [-0.15, -0.1) is 0 Å². The number of nitrogens with one attached hydrogen (secondary N) is 2. The first-order chi connectivity index (χ1) is 20.1. The summed E-state index contributed by atoms with van der Waals surface area (Å²) in [6, 6.07) is 23.0. The van der Waals surface area contributed by atoms with Crippen LogP contribution < -0.4 is 10.0 Å². The maximum Gasteiger partial charge on any atom is 0.256 e. The van der Waals surface area contributed by atoms with Gasteiger partial charge in [0.05, 0.1) is 29.1 Å². The van der Waals surface area contributed by atoms with Gasteiger partial charge in [-0.2, -0.15) is 5.26 Å². The van der Waals surface area contributed by atoms with Crippen molar-refractivity contribution in [1.82, 2.24) is 9.88 Å². The smallest absolute Gasteiger partial charge is 0.256 e. The Morgan fingerprint density at radius 1 is 1.00 bits per heavy atom. The number of nitriles is 1. The fourth-order valence-electron chi connectivity index (χ4n) is 4.90. The van der Waals surface area contributed by atoms with Crippen molar-refractivity contribution >= 4 is 50.6 Å². The number of amides is 1. The zero-order valence-corrected chi connectivity index (χ0v) is 24.3. The van der Waals surface area contributed by atoms with Gasteiger partial charge in [-0.3, -0.25) is 14.4 Å². The lowest BCUT2D eigenvalue weighted by molar-refractivity contribution is 0.0813. The molecule has 2 heterocycles. The summed E-state index contributed by atoms with van der Waals surface area (Å²) in [6.45, 7) is 1.03. The minimum Gasteiger partial charge on any atom is -0.307 e. The number of carbonyl (C=O) groups is 1. The number of sulfonamides is 1. The molecule has 1 amide bonds. The Balaban J connectivity index is 1.25. The van der Waals surface area contributed by atoms with Crippen molar-refractivity contribution in [3.63, 3.8) is 0 Å². The molecule has 12 heteroatoms. The molecule has 2 N–H and O–H groups in total. The number of hydrogen-bond acceptors (Lipinski definition) is 6. The van der Waals surface area contributed by atoms with Crippen LogP contribution >= 0.6 is 23.2 Å². The van der Waals surface area contributed by atoms with E-state index in [-0.39, 0.29) is 40.3 Å². The van der Waals surface area contributed by atoms with Crippen LogP contribution in [0.2, 0.25) is 10.0 Å². The van der Waals surface area contributed by atoms with E-state index in [1.54, 1.807) is 0 Å². The van der Waals surface area contributed by atoms with Crippen molar-refractivity contribution in [2.75, 3.05) is 28.9 Å². The summed E-state index contributed by atoms with van der Waals surface area (Å²) in [5, 5.41) is 12.8. The molecule has 0 bridgehead atoms. The van der Waals surface area contributed by atoms with E-state index in [1.807, 2.05) is 54.6 Å². The first kappa shape index (κ1) is 29.5. The molecule has 1 saturated heterocycles. The number of halogens is 3. The highest BCUT2D eigenvalue weighted by Crippen LogP contribution is 2.36. The summed E-state index contributed by atoms with van der Waals surface area (Å²) in [5.41, 5.74) is 2.13. The molecular weight excluding hydrogens is 600 g/mol. The number of benzene rings is 3. The van der Waals surface area contributed by atoms with E-state index in [0.29, 0.717) is 23.1 Å². The summed E-state index contributed by atoms with van der Waals surface area (Å²) >= 11 is 12.2. The molecule has 0 radical (unpaired) electrons. The molecule has 1 aliphatic heterocycles. The molecule has 0 aliphatic carbocycles. The third kappa shape index (κ3) is 7.24. The maximum atomic E-state index is 14.4. The van der Waals surface area contributed by atoms with Crippen LogP contribution in [0, 0.1) is 23.1 Å². The van der Waals surface area contributed by atoms with Gasteiger partial charge in [0.15, 0.2) is 0 Å². The predicted molar refractivity (Wildman–Crippen MR) is 161 cm³/mol. The Kier molecular flexibility index (Phi) is 8.75. The normalized spacial score (nSPS) is 13.8. The van der Waals surface area contributed by atoms with Crippen LogP contribution in [-0.4, -0.2) is 43.1 Å². The Morgan fingerprint density at radius 2 is 1.62 bits per heavy atom. The van der Waals surface area contributed by atoms with Gasteiger partial charge in [-0.1, -0.05) is 47.5 Å². The lowest BCUT2D eigenvalue weighted by Gasteiger charge is -2.44. The van der Waals surface area contributed by atoms with Crippen LogP contribution in [0.25, 0.3) is 0 Å². The Labute approximate surface area is 252 Å². The van der Waals surface area contributed by atoms with Crippen molar-refractivity contribution in [1.29, 1.82) is 5.26 Å². The Morgan fingerprint density at radius 3 is 2.21 bits per heavy atom. The average Bonchev–Trinajstić information content (AvgIpc) is 2.93. The topological polar surface area (TPSA) is 115 Å². The highest BCUT2D eigenvalue weighted by Gasteiger charge is 2.36. The van der Waals surface area contributed by atoms with Gasteiger partial charge in [0, 0.05) is 40.8 Å². The summed E-state index contributed by atoms with van der Waals surface area (Å²) in [6.07, 6.45) is 1.36. The number of carbonyl (C=O) groups excluding carboxylic acids is 1. The quantitative estimate of drug-likeness (QED) is 0.232. The second kappa shape index (κ2) is 12.5. The number of aromatic nitrogens is 1. The van der Waals surface area contributed by atoms with E-state index >= 15 is 0 Å². The lowest BCUT2D eigenvalue weighted by Crippen LogP contribution is -2.51. The molecule has 1 aliphatic rings. The highest BCUT2D eigenvalue weighted by atomic mass is 35.5. The van der Waals surface area contributed by atoms with Crippen molar-refractivity contribution in [2.45, 2.75) is 6.04 Å². The van der Waals surface area contributed by atoms with E-state index in [0.717, 1.165) is 23.3 Å². The molecule has 5 rings (SSSR count). The maximum absolute atomic E-state index is 14.4. The van der Waals surface area contributed by atoms with Crippen LogP contribution in [-0.2, 0) is 10.0 Å². The highest BCUT2D eigenvalue weighted by molar-refractivity contribution is 7.92. The molecule has 1 aromatic heterocycles. The fraction of sp³-hybridized carbons (Fsp3) is 0.167. The third-order valence-electron chi connectivity index (χ3n) is 6.74. The van der Waals surface area contributed by atoms with Crippen LogP contribution in [0.5, 0.6) is 0 Å². The van der Waals surface area contributed by atoms with Crippen LogP contribution in [0.4, 0.5) is 15.9 Å². The molecule has 0 spiro atoms. The second-order valence-corrected chi connectivity index (χ2v) is 12.6. The molecule has 8 nitrogen and oxygen atoms in total. The van der Waals surface area contributed by atoms with E-state index < -0.39 is 21.7 Å². The van der Waals surface area contributed by atoms with Crippen LogP contribution in [0.1, 0.15) is 33.1 Å². The fourth-order valence-corrected chi connectivity index (χ4v) is 6.54. The Bertz CT molecular complexity index is 1710. The number of hydrogen-bond donors (Lipinski definition) is 2. The average molecular weight is 625 g/mol. The number of rotatable bonds is 9. The van der Waals surface area contributed by atoms with Gasteiger partial charge in [0.25, 0.3) is 5.91 Å². The molecule has 1 fully saturated rings. The zero-order valence-electron chi connectivity index (χ0n) is 22.0. The van der Waals surface area contributed by atoms with Gasteiger partial charge < -0.3 is 5.32 Å². The van der Waals surface area contributed by atoms with Crippen molar-refractivity contribution in [3.05, 3.63) is 123 Å². The first-order valence-electron chi connectivity index (χ1n) is 12.8. The molecule has 0 saturated carbocycles. The largest absolute Gasteiger partial charge is 0.307 e. The molecule has 0 unspecified atom stereocenters. The van der Waals surface area contributed by atoms with Crippen LogP contribution in [0.15, 0.2) is 85.1 Å². The van der Waals surface area contributed by atoms with Gasteiger partial charge >= 0.3 is 0 Å². The number of nitrogens with zero attached hydrogens (tertiary/aromatic N) is 3. The van der Waals surface area contributed by atoms with Gasteiger partial charge in [-0.05, 0) is 65.7 Å². The summed E-state index contributed by atoms with van der Waals surface area (Å²) in [4.78, 5) is 18.8. The summed E-state index contributed by atoms with van der Waals surface area (Å²) in [7, 11) is -3.87. The molecule has 4 aromatic rings. The number of pyridine rings is 1. The van der Waals surface area contributed by atoms with Gasteiger partial charge in [0.1, 0.15) is 11.6 Å². The van der Waals surface area contributed by atoms with E-state index in [4.69, 9.17) is 28.5 Å². The zero-order chi connectivity index (χ0) is 29.9. The van der Waals surface area contributed by atoms with Gasteiger partial charge in [-0.25, -0.2) is 17.8 Å². The van der Waals surface area contributed by atoms with E-state index in [2.05, 4.69) is 19.9 Å². The molecule has 3 aromatic carbocycles. The summed E-state index contributed by atoms with van der Waals surface area (Å²) in [5.74, 6) is -1.74. The summed E-state index contributed by atoms with van der Waals surface area (Å²) < 4.78 is 42.8. The van der Waals surface area contributed by atoms with Crippen molar-refractivity contribution in [3.8, 4) is 6.07 Å². The monoisotopic (exact) mass is 623 g/mol. The molecule has 0 atom stereocenters. The standard InChI is InChI=1S/C30H24Cl2FN5O3S/c31-24-5-1-21(2-6-24)29(22-3-7-25(32)8-4-22)38-16-20(17-38)18-42(40,41)37-27-13-23(12-26(33)14-27)30(39)36-28-11-19(15-34)9-10-35-28/h1-14,20,29,37H,16-18H2,(H,35,36,39). The number of anilines is 2. The van der Waals surface area contributed by atoms with Crippen LogP contribution in [0.3, 0.4) is 0 Å².